The molecule has 1 fully saturated rings. The molecule has 3 amide bonds. The van der Waals surface area contributed by atoms with Crippen LogP contribution in [0.5, 0.6) is 0 Å². The summed E-state index contributed by atoms with van der Waals surface area (Å²) in [5.74, 6) is -0.556. The van der Waals surface area contributed by atoms with Crippen molar-refractivity contribution >= 4 is 11.9 Å². The fourth-order valence-electron chi connectivity index (χ4n) is 2.52. The van der Waals surface area contributed by atoms with E-state index < -0.39 is 31.2 Å². The second-order valence-corrected chi connectivity index (χ2v) is 5.80. The van der Waals surface area contributed by atoms with E-state index >= 15 is 0 Å². The quantitative estimate of drug-likeness (QED) is 0.743. The molecule has 24 heavy (non-hydrogen) atoms. The van der Waals surface area contributed by atoms with Crippen molar-refractivity contribution in [2.24, 2.45) is 5.92 Å². The first-order valence-electron chi connectivity index (χ1n) is 7.78. The zero-order valence-corrected chi connectivity index (χ0v) is 13.0. The van der Waals surface area contributed by atoms with Crippen LogP contribution in [0.25, 0.3) is 0 Å². The normalized spacial score (nSPS) is 16.0. The van der Waals surface area contributed by atoms with E-state index in [4.69, 9.17) is 0 Å². The molecule has 0 radical (unpaired) electrons. The summed E-state index contributed by atoms with van der Waals surface area (Å²) in [5.41, 5.74) is 0.971. The summed E-state index contributed by atoms with van der Waals surface area (Å²) in [6.07, 6.45) is -1.35. The third-order valence-corrected chi connectivity index (χ3v) is 3.96. The molecule has 0 aromatic heterocycles. The molecule has 0 saturated heterocycles. The van der Waals surface area contributed by atoms with Gasteiger partial charge in [0.1, 0.15) is 6.54 Å². The number of nitrogens with one attached hydrogen (secondary N) is 3. The highest BCUT2D eigenvalue weighted by molar-refractivity contribution is 5.84. The minimum absolute atomic E-state index is 0.168. The predicted octanol–water partition coefficient (Wildman–Crippen LogP) is 2.51. The van der Waals surface area contributed by atoms with Crippen molar-refractivity contribution in [3.63, 3.8) is 0 Å². The lowest BCUT2D eigenvalue weighted by Crippen LogP contribution is -2.46. The van der Waals surface area contributed by atoms with Gasteiger partial charge in [0.2, 0.25) is 5.91 Å². The number of carbonyl (C=O) groups is 2. The second-order valence-electron chi connectivity index (χ2n) is 5.80. The molecule has 0 heterocycles. The van der Waals surface area contributed by atoms with Gasteiger partial charge in [-0.25, -0.2) is 4.79 Å². The molecule has 1 saturated carbocycles. The number of benzene rings is 1. The Morgan fingerprint density at radius 3 is 2.33 bits per heavy atom. The Morgan fingerprint density at radius 2 is 1.79 bits per heavy atom. The van der Waals surface area contributed by atoms with E-state index in [1.54, 1.807) is 5.32 Å². The van der Waals surface area contributed by atoms with Crippen LogP contribution in [0.4, 0.5) is 18.0 Å². The molecule has 5 nitrogen and oxygen atoms in total. The third kappa shape index (κ3) is 5.75. The summed E-state index contributed by atoms with van der Waals surface area (Å²) < 4.78 is 36.0. The molecule has 0 bridgehead atoms. The van der Waals surface area contributed by atoms with Gasteiger partial charge in [0.05, 0.1) is 12.6 Å². The molecule has 1 aliphatic carbocycles. The number of hydrogen-bond acceptors (Lipinski definition) is 2. The van der Waals surface area contributed by atoms with E-state index in [0.29, 0.717) is 5.92 Å². The highest BCUT2D eigenvalue weighted by atomic mass is 19.4. The Morgan fingerprint density at radius 1 is 1.12 bits per heavy atom. The number of alkyl halides is 3. The Balaban J connectivity index is 1.82. The van der Waals surface area contributed by atoms with Crippen LogP contribution in [0.1, 0.15) is 30.9 Å². The van der Waals surface area contributed by atoms with E-state index in [2.05, 4.69) is 10.6 Å². The first-order chi connectivity index (χ1) is 11.3. The van der Waals surface area contributed by atoms with E-state index in [1.807, 2.05) is 30.3 Å². The third-order valence-electron chi connectivity index (χ3n) is 3.96. The molecule has 2 rings (SSSR count). The topological polar surface area (TPSA) is 70.2 Å². The maximum atomic E-state index is 12.0. The van der Waals surface area contributed by atoms with Crippen LogP contribution >= 0.6 is 0 Å². The zero-order chi connectivity index (χ0) is 17.6. The summed E-state index contributed by atoms with van der Waals surface area (Å²) in [6, 6.07) is 8.73. The van der Waals surface area contributed by atoms with Gasteiger partial charge in [-0.15, -0.1) is 0 Å². The molecule has 0 unspecified atom stereocenters. The van der Waals surface area contributed by atoms with Crippen LogP contribution in [0, 0.1) is 5.92 Å². The first-order valence-corrected chi connectivity index (χ1v) is 7.78. The number of hydrogen-bond donors (Lipinski definition) is 3. The summed E-state index contributed by atoms with van der Waals surface area (Å²) in [6.45, 7) is -1.92. The van der Waals surface area contributed by atoms with E-state index in [1.165, 1.54) is 0 Å². The summed E-state index contributed by atoms with van der Waals surface area (Å²) >= 11 is 0. The van der Waals surface area contributed by atoms with E-state index in [9.17, 15) is 22.8 Å². The molecule has 0 spiro atoms. The Labute approximate surface area is 138 Å². The molecular weight excluding hydrogens is 323 g/mol. The van der Waals surface area contributed by atoms with Crippen LogP contribution in [0.15, 0.2) is 30.3 Å². The molecule has 1 aromatic rings. The van der Waals surface area contributed by atoms with Crippen LogP contribution in [0.2, 0.25) is 0 Å². The largest absolute Gasteiger partial charge is 0.405 e. The molecular formula is C16H20F3N3O2. The van der Waals surface area contributed by atoms with Gasteiger partial charge in [0.25, 0.3) is 0 Å². The summed E-state index contributed by atoms with van der Waals surface area (Å²) in [4.78, 5) is 23.2. The van der Waals surface area contributed by atoms with Gasteiger partial charge in [-0.2, -0.15) is 13.2 Å². The molecule has 0 aliphatic heterocycles. The molecule has 132 valence electrons. The molecule has 3 N–H and O–H groups in total. The lowest BCUT2D eigenvalue weighted by atomic mass is 9.77. The fourth-order valence-corrected chi connectivity index (χ4v) is 2.52. The maximum Gasteiger partial charge on any atom is 0.405 e. The Kier molecular flexibility index (Phi) is 6.05. The van der Waals surface area contributed by atoms with Crippen LogP contribution in [-0.4, -0.2) is 31.2 Å². The average molecular weight is 343 g/mol. The number of urea groups is 1. The monoisotopic (exact) mass is 343 g/mol. The van der Waals surface area contributed by atoms with Crippen LogP contribution < -0.4 is 16.0 Å². The van der Waals surface area contributed by atoms with Crippen molar-refractivity contribution in [2.75, 3.05) is 13.1 Å². The fraction of sp³-hybridized carbons (Fsp3) is 0.500. The number of rotatable bonds is 6. The van der Waals surface area contributed by atoms with Crippen LogP contribution in [-0.2, 0) is 4.79 Å². The predicted molar refractivity (Wildman–Crippen MR) is 82.1 cm³/mol. The SMILES string of the molecule is O=C(CNC(=O)N[C@H](c1ccccc1)C1CCC1)NCC(F)(F)F. The van der Waals surface area contributed by atoms with Crippen molar-refractivity contribution in [3.8, 4) is 0 Å². The van der Waals surface area contributed by atoms with Gasteiger partial charge in [0, 0.05) is 0 Å². The summed E-state index contributed by atoms with van der Waals surface area (Å²) in [7, 11) is 0. The van der Waals surface area contributed by atoms with Crippen molar-refractivity contribution in [1.82, 2.24) is 16.0 Å². The van der Waals surface area contributed by atoms with Crippen molar-refractivity contribution in [3.05, 3.63) is 35.9 Å². The lowest BCUT2D eigenvalue weighted by molar-refractivity contribution is -0.137. The minimum atomic E-state index is -4.47. The highest BCUT2D eigenvalue weighted by Crippen LogP contribution is 2.37. The van der Waals surface area contributed by atoms with Crippen LogP contribution in [0.3, 0.4) is 0 Å². The van der Waals surface area contributed by atoms with Crippen molar-refractivity contribution in [2.45, 2.75) is 31.5 Å². The van der Waals surface area contributed by atoms with Gasteiger partial charge in [-0.1, -0.05) is 36.8 Å². The molecule has 1 aromatic carbocycles. The van der Waals surface area contributed by atoms with Crippen molar-refractivity contribution < 1.29 is 22.8 Å². The maximum absolute atomic E-state index is 12.0. The average Bonchev–Trinajstić information content (AvgIpc) is 2.49. The Bertz CT molecular complexity index is 559. The molecule has 1 atom stereocenters. The highest BCUT2D eigenvalue weighted by Gasteiger charge is 2.30. The smallest absolute Gasteiger partial charge is 0.345 e. The first kappa shape index (κ1) is 18.1. The standard InChI is InChI=1S/C16H20F3N3O2/c17-16(18,19)10-21-13(23)9-20-15(24)22-14(12-7-4-8-12)11-5-2-1-3-6-11/h1-3,5-6,12,14H,4,7-10H2,(H,21,23)(H2,20,22,24)/t14-/m1/s1. The van der Waals surface area contributed by atoms with Crippen molar-refractivity contribution in [1.29, 1.82) is 0 Å². The second kappa shape index (κ2) is 8.03. The van der Waals surface area contributed by atoms with Gasteiger partial charge >= 0.3 is 12.2 Å². The molecule has 1 aliphatic rings. The van der Waals surface area contributed by atoms with Gasteiger partial charge < -0.3 is 16.0 Å². The minimum Gasteiger partial charge on any atom is -0.345 e. The van der Waals surface area contributed by atoms with E-state index in [0.717, 1.165) is 24.8 Å². The number of amides is 3. The zero-order valence-electron chi connectivity index (χ0n) is 13.0. The van der Waals surface area contributed by atoms with Gasteiger partial charge in [0.15, 0.2) is 0 Å². The van der Waals surface area contributed by atoms with Gasteiger partial charge in [-0.05, 0) is 24.3 Å². The Hall–Kier alpha value is -2.25. The summed E-state index contributed by atoms with van der Waals surface area (Å²) in [5, 5.41) is 6.80. The number of carbonyl (C=O) groups excluding carboxylic acids is 2. The van der Waals surface area contributed by atoms with Gasteiger partial charge in [-0.3, -0.25) is 4.79 Å². The molecule has 8 heteroatoms. The number of halogens is 3. The van der Waals surface area contributed by atoms with E-state index in [-0.39, 0.29) is 6.04 Å². The lowest BCUT2D eigenvalue weighted by Gasteiger charge is -2.34.